The van der Waals surface area contributed by atoms with Crippen molar-refractivity contribution >= 4 is 41.6 Å². The molecule has 1 N–H and O–H groups in total. The zero-order chi connectivity index (χ0) is 16.4. The van der Waals surface area contributed by atoms with Crippen LogP contribution in [0, 0.1) is 12.3 Å². The number of halogens is 2. The normalized spacial score (nSPS) is 12.3. The fraction of sp³-hybridized carbons (Fsp3) is 0.500. The molecule has 0 radical (unpaired) electrons. The van der Waals surface area contributed by atoms with Crippen molar-refractivity contribution in [3.63, 3.8) is 0 Å². The summed E-state index contributed by atoms with van der Waals surface area (Å²) in [6, 6.07) is 2.69. The van der Waals surface area contributed by atoms with E-state index in [9.17, 15) is 13.2 Å². The van der Waals surface area contributed by atoms with Gasteiger partial charge in [0.25, 0.3) is 15.0 Å². The Balaban J connectivity index is 3.02. The molecule has 0 saturated heterocycles. The molecule has 0 heterocycles. The van der Waals surface area contributed by atoms with Crippen molar-refractivity contribution in [3.05, 3.63) is 27.7 Å². The lowest BCUT2D eigenvalue weighted by atomic mass is 9.92. The van der Waals surface area contributed by atoms with Crippen molar-refractivity contribution < 1.29 is 13.2 Å². The van der Waals surface area contributed by atoms with E-state index in [4.69, 9.17) is 10.7 Å². The molecule has 1 aromatic carbocycles. The number of nitrogens with one attached hydrogen (secondary N) is 1. The van der Waals surface area contributed by atoms with Gasteiger partial charge in [-0.15, -0.1) is 0 Å². The third-order valence-electron chi connectivity index (χ3n) is 3.00. The van der Waals surface area contributed by atoms with Crippen LogP contribution in [-0.2, 0) is 9.05 Å². The Bertz CT molecular complexity index is 651. The SMILES string of the molecule is Cc1c(Br)cc(S(=O)(=O)Cl)cc1C(=O)NCCC(C)(C)C. The van der Waals surface area contributed by atoms with Crippen LogP contribution in [0.4, 0.5) is 0 Å². The molecule has 4 nitrogen and oxygen atoms in total. The molecule has 1 rings (SSSR count). The molecule has 21 heavy (non-hydrogen) atoms. The fourth-order valence-corrected chi connectivity index (χ4v) is 3.07. The van der Waals surface area contributed by atoms with Gasteiger partial charge in [-0.05, 0) is 36.5 Å². The van der Waals surface area contributed by atoms with Gasteiger partial charge in [-0.3, -0.25) is 4.79 Å². The Labute approximate surface area is 138 Å². The van der Waals surface area contributed by atoms with Crippen LogP contribution in [0.5, 0.6) is 0 Å². The predicted molar refractivity (Wildman–Crippen MR) is 88.3 cm³/mol. The summed E-state index contributed by atoms with van der Waals surface area (Å²) in [7, 11) is 1.46. The Morgan fingerprint density at radius 3 is 2.38 bits per heavy atom. The van der Waals surface area contributed by atoms with Crippen molar-refractivity contribution in [1.29, 1.82) is 0 Å². The van der Waals surface area contributed by atoms with Crippen molar-refractivity contribution in [3.8, 4) is 0 Å². The van der Waals surface area contributed by atoms with E-state index in [1.807, 2.05) is 0 Å². The maximum Gasteiger partial charge on any atom is 0.261 e. The maximum atomic E-state index is 12.2. The standard InChI is InChI=1S/C14H19BrClNO3S/c1-9-11(13(18)17-6-5-14(2,3)4)7-10(8-12(9)15)21(16,19)20/h7-8H,5-6H2,1-4H3,(H,17,18). The van der Waals surface area contributed by atoms with Crippen molar-refractivity contribution in [2.45, 2.75) is 39.0 Å². The van der Waals surface area contributed by atoms with Gasteiger partial charge in [0.2, 0.25) is 0 Å². The zero-order valence-electron chi connectivity index (χ0n) is 12.5. The van der Waals surface area contributed by atoms with Crippen LogP contribution < -0.4 is 5.32 Å². The Hall–Kier alpha value is -0.590. The first-order valence-corrected chi connectivity index (χ1v) is 9.55. The van der Waals surface area contributed by atoms with Gasteiger partial charge >= 0.3 is 0 Å². The highest BCUT2D eigenvalue weighted by molar-refractivity contribution is 9.10. The number of rotatable bonds is 4. The minimum absolute atomic E-state index is 0.0948. The average molecular weight is 397 g/mol. The summed E-state index contributed by atoms with van der Waals surface area (Å²) in [6.07, 6.45) is 0.826. The highest BCUT2D eigenvalue weighted by Crippen LogP contribution is 2.27. The quantitative estimate of drug-likeness (QED) is 0.786. The second-order valence-corrected chi connectivity index (χ2v) is 9.50. The largest absolute Gasteiger partial charge is 0.352 e. The van der Waals surface area contributed by atoms with Gasteiger partial charge in [-0.25, -0.2) is 8.42 Å². The monoisotopic (exact) mass is 395 g/mol. The lowest BCUT2D eigenvalue weighted by Crippen LogP contribution is -2.28. The summed E-state index contributed by atoms with van der Waals surface area (Å²) in [5.74, 6) is -0.306. The second-order valence-electron chi connectivity index (χ2n) is 6.08. The first-order chi connectivity index (χ1) is 9.42. The molecule has 0 unspecified atom stereocenters. The zero-order valence-corrected chi connectivity index (χ0v) is 15.6. The molecular weight excluding hydrogens is 378 g/mol. The topological polar surface area (TPSA) is 63.2 Å². The second kappa shape index (κ2) is 6.67. The van der Waals surface area contributed by atoms with E-state index < -0.39 is 9.05 Å². The number of carbonyl (C=O) groups excluding carboxylic acids is 1. The molecule has 1 aromatic rings. The summed E-state index contributed by atoms with van der Waals surface area (Å²) in [5, 5.41) is 2.80. The predicted octanol–water partition coefficient (Wildman–Crippen LogP) is 3.85. The van der Waals surface area contributed by atoms with Crippen LogP contribution in [0.15, 0.2) is 21.5 Å². The summed E-state index contributed by atoms with van der Waals surface area (Å²) < 4.78 is 23.4. The van der Waals surface area contributed by atoms with Crippen molar-refractivity contribution in [1.82, 2.24) is 5.32 Å². The van der Waals surface area contributed by atoms with E-state index in [2.05, 4.69) is 42.0 Å². The molecule has 0 aromatic heterocycles. The first-order valence-electron chi connectivity index (χ1n) is 6.45. The van der Waals surface area contributed by atoms with Gasteiger partial charge in [0, 0.05) is 27.3 Å². The van der Waals surface area contributed by atoms with E-state index in [-0.39, 0.29) is 16.2 Å². The van der Waals surface area contributed by atoms with Gasteiger partial charge in [0.05, 0.1) is 4.90 Å². The molecule has 0 saturated carbocycles. The van der Waals surface area contributed by atoms with Crippen LogP contribution in [0.2, 0.25) is 0 Å². The Morgan fingerprint density at radius 1 is 1.33 bits per heavy atom. The van der Waals surface area contributed by atoms with Crippen molar-refractivity contribution in [2.24, 2.45) is 5.41 Å². The molecule has 7 heteroatoms. The lowest BCUT2D eigenvalue weighted by molar-refractivity contribution is 0.0948. The maximum absolute atomic E-state index is 12.2. The number of carbonyl (C=O) groups is 1. The fourth-order valence-electron chi connectivity index (χ4n) is 1.68. The highest BCUT2D eigenvalue weighted by Gasteiger charge is 2.19. The van der Waals surface area contributed by atoms with Gasteiger partial charge in [-0.1, -0.05) is 36.7 Å². The molecule has 0 bridgehead atoms. The summed E-state index contributed by atoms with van der Waals surface area (Å²) >= 11 is 3.25. The van der Waals surface area contributed by atoms with Gasteiger partial charge in [0.1, 0.15) is 0 Å². The summed E-state index contributed by atoms with van der Waals surface area (Å²) in [5.41, 5.74) is 1.09. The Morgan fingerprint density at radius 2 is 1.90 bits per heavy atom. The van der Waals surface area contributed by atoms with Gasteiger partial charge < -0.3 is 5.32 Å². The van der Waals surface area contributed by atoms with Crippen LogP contribution in [0.25, 0.3) is 0 Å². The average Bonchev–Trinajstić information content (AvgIpc) is 2.29. The van der Waals surface area contributed by atoms with Crippen LogP contribution in [0.3, 0.4) is 0 Å². The molecule has 0 aliphatic rings. The molecule has 0 atom stereocenters. The third kappa shape index (κ3) is 5.60. The molecular formula is C14H19BrClNO3S. The molecule has 0 aliphatic carbocycles. The van der Waals surface area contributed by atoms with Crippen LogP contribution >= 0.6 is 26.6 Å². The Kier molecular flexibility index (Phi) is 5.86. The molecule has 1 amide bonds. The number of hydrogen-bond acceptors (Lipinski definition) is 3. The van der Waals surface area contributed by atoms with E-state index >= 15 is 0 Å². The van der Waals surface area contributed by atoms with Crippen LogP contribution in [-0.4, -0.2) is 20.9 Å². The molecule has 0 aliphatic heterocycles. The van der Waals surface area contributed by atoms with Gasteiger partial charge in [0.15, 0.2) is 0 Å². The third-order valence-corrected chi connectivity index (χ3v) is 5.16. The van der Waals surface area contributed by atoms with E-state index in [0.717, 1.165) is 6.42 Å². The minimum atomic E-state index is -3.88. The van der Waals surface area contributed by atoms with E-state index in [0.29, 0.717) is 22.1 Å². The number of amides is 1. The molecule has 0 spiro atoms. The van der Waals surface area contributed by atoms with Crippen LogP contribution in [0.1, 0.15) is 43.1 Å². The highest BCUT2D eigenvalue weighted by atomic mass is 79.9. The summed E-state index contributed by atoms with van der Waals surface area (Å²) in [4.78, 5) is 12.1. The lowest BCUT2D eigenvalue weighted by Gasteiger charge is -2.18. The van der Waals surface area contributed by atoms with Gasteiger partial charge in [-0.2, -0.15) is 0 Å². The number of benzene rings is 1. The summed E-state index contributed by atoms with van der Waals surface area (Å²) in [6.45, 7) is 8.52. The van der Waals surface area contributed by atoms with Crippen molar-refractivity contribution in [2.75, 3.05) is 6.54 Å². The molecule has 118 valence electrons. The number of hydrogen-bond donors (Lipinski definition) is 1. The van der Waals surface area contributed by atoms with E-state index in [1.165, 1.54) is 12.1 Å². The smallest absolute Gasteiger partial charge is 0.261 e. The minimum Gasteiger partial charge on any atom is -0.352 e. The molecule has 0 fully saturated rings. The van der Waals surface area contributed by atoms with E-state index in [1.54, 1.807) is 6.92 Å². The first kappa shape index (κ1) is 18.5.